The highest BCUT2D eigenvalue weighted by Gasteiger charge is 2.21. The Labute approximate surface area is 181 Å². The molecule has 174 valence electrons. The van der Waals surface area contributed by atoms with Crippen molar-refractivity contribution in [2.24, 2.45) is 0 Å². The number of sulfonamides is 1. The minimum Gasteiger partial charge on any atom is -0.353 e. The van der Waals surface area contributed by atoms with Crippen LogP contribution in [0.3, 0.4) is 0 Å². The Hall–Kier alpha value is -1.60. The normalized spacial score (nSPS) is 13.1. The maximum atomic E-state index is 12.7. The molecule has 0 aliphatic carbocycles. The first-order chi connectivity index (χ1) is 14.3. The van der Waals surface area contributed by atoms with Crippen molar-refractivity contribution in [3.8, 4) is 0 Å². The molecular formula is C18H39N9O2S. The fourth-order valence-corrected chi connectivity index (χ4v) is 3.82. The second-order valence-corrected chi connectivity index (χ2v) is 8.42. The number of likely N-dealkylation sites (N-methyl/N-ethyl adjacent to an activating group) is 2. The van der Waals surface area contributed by atoms with E-state index in [2.05, 4.69) is 73.1 Å². The van der Waals surface area contributed by atoms with Crippen LogP contribution in [0.1, 0.15) is 34.6 Å². The van der Waals surface area contributed by atoms with Gasteiger partial charge in [-0.2, -0.15) is 15.0 Å². The van der Waals surface area contributed by atoms with Gasteiger partial charge < -0.3 is 20.9 Å². The molecule has 0 aliphatic heterocycles. The Bertz CT molecular complexity index is 710. The van der Waals surface area contributed by atoms with Crippen LogP contribution in [0.2, 0.25) is 0 Å². The molecule has 0 spiro atoms. The van der Waals surface area contributed by atoms with E-state index in [-0.39, 0.29) is 29.8 Å². The van der Waals surface area contributed by atoms with E-state index in [1.165, 1.54) is 0 Å². The highest BCUT2D eigenvalue weighted by atomic mass is 32.2. The molecular weight excluding hydrogens is 406 g/mol. The second kappa shape index (κ2) is 13.7. The van der Waals surface area contributed by atoms with Crippen molar-refractivity contribution >= 4 is 21.9 Å². The molecule has 4 N–H and O–H groups in total. The van der Waals surface area contributed by atoms with Crippen molar-refractivity contribution in [2.45, 2.75) is 45.9 Å². The first kappa shape index (κ1) is 26.4. The largest absolute Gasteiger partial charge is 0.353 e. The molecule has 1 rings (SSSR count). The van der Waals surface area contributed by atoms with Crippen LogP contribution in [0.4, 0.5) is 11.9 Å². The topological polar surface area (TPSA) is 127 Å². The zero-order valence-electron chi connectivity index (χ0n) is 19.2. The molecule has 0 radical (unpaired) electrons. The second-order valence-electron chi connectivity index (χ2n) is 6.76. The average molecular weight is 446 g/mol. The molecule has 0 amide bonds. The van der Waals surface area contributed by atoms with Crippen molar-refractivity contribution in [3.63, 3.8) is 0 Å². The van der Waals surface area contributed by atoms with Crippen LogP contribution >= 0.6 is 0 Å². The van der Waals surface area contributed by atoms with Crippen molar-refractivity contribution in [3.05, 3.63) is 0 Å². The maximum absolute atomic E-state index is 12.7. The van der Waals surface area contributed by atoms with E-state index >= 15 is 0 Å². The van der Waals surface area contributed by atoms with Crippen LogP contribution in [0.5, 0.6) is 0 Å². The summed E-state index contributed by atoms with van der Waals surface area (Å²) in [6, 6.07) is 0. The summed E-state index contributed by atoms with van der Waals surface area (Å²) in [5.41, 5.74) is 0. The molecule has 30 heavy (non-hydrogen) atoms. The summed E-state index contributed by atoms with van der Waals surface area (Å²) in [4.78, 5) is 17.1. The van der Waals surface area contributed by atoms with Gasteiger partial charge in [0.15, 0.2) is 0 Å². The van der Waals surface area contributed by atoms with Crippen molar-refractivity contribution in [2.75, 3.05) is 70.0 Å². The van der Waals surface area contributed by atoms with Crippen molar-refractivity contribution < 1.29 is 8.42 Å². The Morgan fingerprint density at radius 2 is 1.53 bits per heavy atom. The maximum Gasteiger partial charge on any atom is 0.276 e. The van der Waals surface area contributed by atoms with E-state index < -0.39 is 10.0 Å². The molecule has 0 aromatic carbocycles. The van der Waals surface area contributed by atoms with Crippen LogP contribution in [0, 0.1) is 0 Å². The summed E-state index contributed by atoms with van der Waals surface area (Å²) in [6.07, 6.45) is -0.0567. The van der Waals surface area contributed by atoms with Gasteiger partial charge in [0.1, 0.15) is 0 Å². The first-order valence-electron chi connectivity index (χ1n) is 10.7. The first-order valence-corrected chi connectivity index (χ1v) is 12.2. The van der Waals surface area contributed by atoms with E-state index in [1.807, 2.05) is 6.92 Å². The van der Waals surface area contributed by atoms with Gasteiger partial charge in [0, 0.05) is 26.2 Å². The van der Waals surface area contributed by atoms with Crippen LogP contribution < -0.4 is 20.7 Å². The molecule has 0 fully saturated rings. The van der Waals surface area contributed by atoms with Gasteiger partial charge in [-0.3, -0.25) is 4.90 Å². The highest BCUT2D eigenvalue weighted by Crippen LogP contribution is 2.12. The van der Waals surface area contributed by atoms with E-state index in [0.717, 1.165) is 32.7 Å². The fourth-order valence-electron chi connectivity index (χ4n) is 2.91. The van der Waals surface area contributed by atoms with E-state index in [9.17, 15) is 8.42 Å². The number of rotatable bonds is 16. The number of anilines is 2. The third-order valence-corrected chi connectivity index (χ3v) is 6.07. The van der Waals surface area contributed by atoms with E-state index in [0.29, 0.717) is 13.1 Å². The Kier molecular flexibility index (Phi) is 12.0. The monoisotopic (exact) mass is 445 g/mol. The van der Waals surface area contributed by atoms with E-state index in [1.54, 1.807) is 7.05 Å². The van der Waals surface area contributed by atoms with Gasteiger partial charge in [-0.15, -0.1) is 0 Å². The summed E-state index contributed by atoms with van der Waals surface area (Å²) in [6.45, 7) is 16.1. The molecule has 0 bridgehead atoms. The van der Waals surface area contributed by atoms with Gasteiger partial charge in [-0.1, -0.05) is 27.7 Å². The predicted octanol–water partition coefficient (Wildman–Crippen LogP) is 0.223. The lowest BCUT2D eigenvalue weighted by Gasteiger charge is -2.27. The van der Waals surface area contributed by atoms with Crippen LogP contribution in [0.15, 0.2) is 5.16 Å². The lowest BCUT2D eigenvalue weighted by Crippen LogP contribution is -2.39. The molecule has 1 atom stereocenters. The van der Waals surface area contributed by atoms with Crippen LogP contribution in [0.25, 0.3) is 0 Å². The molecule has 1 aromatic rings. The number of nitrogens with one attached hydrogen (secondary N) is 4. The van der Waals surface area contributed by atoms with Gasteiger partial charge in [-0.25, -0.2) is 13.1 Å². The number of hydrogen-bond donors (Lipinski definition) is 4. The van der Waals surface area contributed by atoms with Gasteiger partial charge in [0.05, 0.1) is 6.17 Å². The zero-order chi connectivity index (χ0) is 22.6. The van der Waals surface area contributed by atoms with Crippen LogP contribution in [-0.2, 0) is 10.0 Å². The zero-order valence-corrected chi connectivity index (χ0v) is 20.0. The lowest BCUT2D eigenvalue weighted by molar-refractivity contribution is 0.252. The SMILES string of the molecule is CCN(CC)CCNc1nc(NC(C)N(CC)CC)nc(S(=O)(=O)NCCNC)n1. The molecule has 0 saturated heterocycles. The minimum absolute atomic E-state index is 0.0567. The summed E-state index contributed by atoms with van der Waals surface area (Å²) in [7, 11) is -2.10. The summed E-state index contributed by atoms with van der Waals surface area (Å²) < 4.78 is 27.8. The van der Waals surface area contributed by atoms with Gasteiger partial charge in [0.25, 0.3) is 15.2 Å². The lowest BCUT2D eigenvalue weighted by atomic mass is 10.4. The van der Waals surface area contributed by atoms with Gasteiger partial charge in [-0.05, 0) is 40.2 Å². The Morgan fingerprint density at radius 1 is 0.900 bits per heavy atom. The third-order valence-electron chi connectivity index (χ3n) is 4.83. The van der Waals surface area contributed by atoms with Gasteiger partial charge >= 0.3 is 0 Å². The molecule has 1 heterocycles. The predicted molar refractivity (Wildman–Crippen MR) is 121 cm³/mol. The standard InChI is InChI=1S/C18H39N9O2S/c1-7-26(8-2)14-13-20-16-23-17(22-15(5)27(9-3)10-4)25-18(24-16)30(28,29)21-12-11-19-6/h15,19,21H,7-14H2,1-6H3,(H2,20,22,23,24,25). The molecule has 11 nitrogen and oxygen atoms in total. The Balaban J connectivity index is 3.08. The van der Waals surface area contributed by atoms with Crippen molar-refractivity contribution in [1.82, 2.24) is 34.8 Å². The van der Waals surface area contributed by atoms with Gasteiger partial charge in [0.2, 0.25) is 11.9 Å². The molecule has 12 heteroatoms. The summed E-state index contributed by atoms with van der Waals surface area (Å²) >= 11 is 0. The number of aromatic nitrogens is 3. The average Bonchev–Trinajstić information content (AvgIpc) is 2.72. The molecule has 1 aromatic heterocycles. The smallest absolute Gasteiger partial charge is 0.276 e. The third kappa shape index (κ3) is 8.64. The molecule has 0 aliphatic rings. The molecule has 1 unspecified atom stereocenters. The Morgan fingerprint density at radius 3 is 2.10 bits per heavy atom. The summed E-state index contributed by atoms with van der Waals surface area (Å²) in [5.74, 6) is 0.462. The van der Waals surface area contributed by atoms with Crippen molar-refractivity contribution in [1.29, 1.82) is 0 Å². The minimum atomic E-state index is -3.85. The van der Waals surface area contributed by atoms with E-state index in [4.69, 9.17) is 0 Å². The number of nitrogens with zero attached hydrogens (tertiary/aromatic N) is 5. The number of hydrogen-bond acceptors (Lipinski definition) is 10. The quantitative estimate of drug-likeness (QED) is 0.207. The molecule has 0 saturated carbocycles. The fraction of sp³-hybridized carbons (Fsp3) is 0.833. The van der Waals surface area contributed by atoms with Crippen LogP contribution in [-0.4, -0.2) is 98.7 Å². The highest BCUT2D eigenvalue weighted by molar-refractivity contribution is 7.89. The summed E-state index contributed by atoms with van der Waals surface area (Å²) in [5, 5.41) is 8.93.